The molecular formula is C33H41ClN2O2+2. The minimum Gasteiger partial charge on any atom is -0.381 e. The number of benzene rings is 3. The molecule has 2 aliphatic rings. The summed E-state index contributed by atoms with van der Waals surface area (Å²) in [4.78, 5) is 13.2. The molecule has 0 unspecified atom stereocenters. The first-order valence-electron chi connectivity index (χ1n) is 13.6. The Morgan fingerprint density at radius 2 is 1.61 bits per heavy atom. The van der Waals surface area contributed by atoms with Crippen molar-refractivity contribution in [2.24, 2.45) is 0 Å². The summed E-state index contributed by atoms with van der Waals surface area (Å²) >= 11 is 0. The van der Waals surface area contributed by atoms with Crippen molar-refractivity contribution >= 4 is 17.7 Å². The Bertz CT molecular complexity index is 1270. The molecule has 0 atom stereocenters. The van der Waals surface area contributed by atoms with Crippen LogP contribution in [-0.4, -0.2) is 43.7 Å². The number of nitrogens with zero attached hydrogens (tertiary/aromatic N) is 1. The summed E-state index contributed by atoms with van der Waals surface area (Å²) in [5, 5.41) is 3.15. The summed E-state index contributed by atoms with van der Waals surface area (Å²) in [6.45, 7) is 4.81. The molecule has 0 saturated carbocycles. The van der Waals surface area contributed by atoms with Crippen molar-refractivity contribution in [1.29, 1.82) is 0 Å². The number of anilines is 1. The Morgan fingerprint density at radius 3 is 2.32 bits per heavy atom. The zero-order valence-corrected chi connectivity index (χ0v) is 23.8. The topological polar surface area (TPSA) is 38.3 Å². The summed E-state index contributed by atoms with van der Waals surface area (Å²) in [5.41, 5.74) is 9.11. The summed E-state index contributed by atoms with van der Waals surface area (Å²) in [7, 11) is 4.62. The maximum absolute atomic E-state index is 13.2. The van der Waals surface area contributed by atoms with E-state index in [2.05, 4.69) is 87.0 Å². The fraction of sp³-hybridized carbons (Fsp3) is 0.364. The SMILES string of the molecule is Cc1ccc(-c2ccc3c(c2)C=C(C(=O)Nc2ccc(C[N+](C)(C)C4CCOCC4)cc2)CCC3)cc1.[ClH2+]. The number of rotatable bonds is 6. The Kier molecular flexibility index (Phi) is 9.09. The lowest BCUT2D eigenvalue weighted by molar-refractivity contribution is -0.929. The standard InChI is InChI=1S/C33H38N2O2.ClH2/c1-24-7-11-27(12-8-24)28-14-13-26-5-4-6-29(22-30(26)21-28)33(36)34-31-15-9-25(10-16-31)23-35(2,3)32-17-19-37-20-18-32;/h7-16,21-22,32H,4-6,17-20,23H2,1-3H3;1H2/q;+1/p+1. The molecule has 0 radical (unpaired) electrons. The van der Waals surface area contributed by atoms with E-state index in [1.54, 1.807) is 0 Å². The highest BCUT2D eigenvalue weighted by molar-refractivity contribution is 6.07. The molecule has 1 fully saturated rings. The van der Waals surface area contributed by atoms with Crippen molar-refractivity contribution < 1.29 is 26.4 Å². The Morgan fingerprint density at radius 1 is 0.921 bits per heavy atom. The van der Waals surface area contributed by atoms with Gasteiger partial charge in [-0.15, -0.1) is 0 Å². The second kappa shape index (κ2) is 12.3. The van der Waals surface area contributed by atoms with Crippen LogP contribution in [-0.2, 0) is 22.5 Å². The highest BCUT2D eigenvalue weighted by Crippen LogP contribution is 2.29. The molecule has 3 aromatic rings. The van der Waals surface area contributed by atoms with Crippen LogP contribution in [0.25, 0.3) is 17.2 Å². The fourth-order valence-electron chi connectivity index (χ4n) is 5.68. The maximum atomic E-state index is 13.2. The van der Waals surface area contributed by atoms with Crippen LogP contribution in [0.2, 0.25) is 0 Å². The molecule has 200 valence electrons. The van der Waals surface area contributed by atoms with Crippen molar-refractivity contribution in [3.05, 3.63) is 94.6 Å². The van der Waals surface area contributed by atoms with Crippen LogP contribution in [0.3, 0.4) is 0 Å². The average molecular weight is 533 g/mol. The van der Waals surface area contributed by atoms with Gasteiger partial charge < -0.3 is 14.5 Å². The highest BCUT2D eigenvalue weighted by Gasteiger charge is 2.30. The Hall–Kier alpha value is -2.92. The van der Waals surface area contributed by atoms with Crippen molar-refractivity contribution in [3.63, 3.8) is 0 Å². The number of nitrogens with one attached hydrogen (secondary N) is 1. The molecule has 38 heavy (non-hydrogen) atoms. The molecule has 1 heterocycles. The van der Waals surface area contributed by atoms with Crippen molar-refractivity contribution in [2.75, 3.05) is 32.6 Å². The second-order valence-corrected chi connectivity index (χ2v) is 11.2. The molecule has 0 bridgehead atoms. The first-order chi connectivity index (χ1) is 17.9. The van der Waals surface area contributed by atoms with Gasteiger partial charge in [0.25, 0.3) is 5.91 Å². The van der Waals surface area contributed by atoms with Gasteiger partial charge in [0.15, 0.2) is 0 Å². The molecular weight excluding hydrogens is 492 g/mol. The van der Waals surface area contributed by atoms with Gasteiger partial charge in [0.1, 0.15) is 6.54 Å². The second-order valence-electron chi connectivity index (χ2n) is 11.2. The van der Waals surface area contributed by atoms with Gasteiger partial charge in [-0.3, -0.25) is 4.79 Å². The van der Waals surface area contributed by atoms with E-state index in [-0.39, 0.29) is 18.3 Å². The molecule has 5 rings (SSSR count). The minimum absolute atomic E-state index is 0. The number of hydrogen-bond acceptors (Lipinski definition) is 2. The Labute approximate surface area is 233 Å². The van der Waals surface area contributed by atoms with E-state index in [0.29, 0.717) is 6.04 Å². The molecule has 1 amide bonds. The number of ether oxygens (including phenoxy) is 1. The lowest BCUT2D eigenvalue weighted by Crippen LogP contribution is -2.50. The zero-order valence-electron chi connectivity index (χ0n) is 22.9. The van der Waals surface area contributed by atoms with Gasteiger partial charge in [-0.2, -0.15) is 0 Å². The van der Waals surface area contributed by atoms with Gasteiger partial charge in [0.05, 0.1) is 45.8 Å². The third-order valence-corrected chi connectivity index (χ3v) is 8.03. The predicted molar refractivity (Wildman–Crippen MR) is 155 cm³/mol. The van der Waals surface area contributed by atoms with Gasteiger partial charge in [-0.1, -0.05) is 54.1 Å². The van der Waals surface area contributed by atoms with Crippen molar-refractivity contribution in [3.8, 4) is 11.1 Å². The van der Waals surface area contributed by atoms with Crippen LogP contribution < -0.4 is 5.32 Å². The third-order valence-electron chi connectivity index (χ3n) is 8.03. The van der Waals surface area contributed by atoms with E-state index >= 15 is 0 Å². The number of carbonyl (C=O) groups excluding carboxylic acids is 1. The van der Waals surface area contributed by atoms with E-state index in [4.69, 9.17) is 4.74 Å². The van der Waals surface area contributed by atoms with Crippen LogP contribution in [0.4, 0.5) is 5.69 Å². The summed E-state index contributed by atoms with van der Waals surface area (Å²) in [6, 6.07) is 24.3. The largest absolute Gasteiger partial charge is 0.381 e. The minimum atomic E-state index is -0.000319. The van der Waals surface area contributed by atoms with Gasteiger partial charge >= 0.3 is 0 Å². The lowest BCUT2D eigenvalue weighted by atomic mass is 9.97. The van der Waals surface area contributed by atoms with E-state index in [9.17, 15) is 4.79 Å². The smallest absolute Gasteiger partial charge is 0.251 e. The fourth-order valence-corrected chi connectivity index (χ4v) is 5.68. The van der Waals surface area contributed by atoms with Crippen LogP contribution >= 0.6 is 0 Å². The molecule has 0 aromatic heterocycles. The van der Waals surface area contributed by atoms with E-state index in [1.165, 1.54) is 27.8 Å². The molecule has 5 heteroatoms. The lowest BCUT2D eigenvalue weighted by Gasteiger charge is -2.40. The van der Waals surface area contributed by atoms with Crippen LogP contribution in [0.5, 0.6) is 0 Å². The summed E-state index contributed by atoms with van der Waals surface area (Å²) < 4.78 is 6.51. The van der Waals surface area contributed by atoms with E-state index in [0.717, 1.165) is 73.2 Å². The maximum Gasteiger partial charge on any atom is 0.251 e. The molecule has 3 aromatic carbocycles. The van der Waals surface area contributed by atoms with Gasteiger partial charge in [0.2, 0.25) is 0 Å². The number of fused-ring (bicyclic) bond motifs is 1. The number of quaternary nitrogens is 1. The van der Waals surface area contributed by atoms with Gasteiger partial charge in [-0.05, 0) is 72.7 Å². The summed E-state index contributed by atoms with van der Waals surface area (Å²) in [5.74, 6) is -0.000319. The molecule has 1 saturated heterocycles. The highest BCUT2D eigenvalue weighted by atomic mass is 35.5. The number of halogens is 1. The predicted octanol–water partition coefficient (Wildman–Crippen LogP) is 6.24. The normalized spacial score (nSPS) is 16.0. The molecule has 1 aliphatic carbocycles. The first-order valence-corrected chi connectivity index (χ1v) is 13.6. The molecule has 4 nitrogen and oxygen atoms in total. The summed E-state index contributed by atoms with van der Waals surface area (Å²) in [6.07, 6.45) is 7.09. The number of amides is 1. The number of carbonyl (C=O) groups is 1. The molecule has 1 N–H and O–H groups in total. The number of aryl methyl sites for hydroxylation is 2. The van der Waals surface area contributed by atoms with Crippen LogP contribution in [0.1, 0.15) is 47.9 Å². The average Bonchev–Trinajstić information content (AvgIpc) is 3.13. The van der Waals surface area contributed by atoms with Crippen molar-refractivity contribution in [1.82, 2.24) is 0 Å². The number of hydrogen-bond donors (Lipinski definition) is 1. The van der Waals surface area contributed by atoms with Crippen molar-refractivity contribution in [2.45, 2.75) is 51.6 Å². The van der Waals surface area contributed by atoms with Gasteiger partial charge in [-0.25, -0.2) is 0 Å². The van der Waals surface area contributed by atoms with Crippen LogP contribution in [0, 0.1) is 19.3 Å². The van der Waals surface area contributed by atoms with Crippen LogP contribution in [0.15, 0.2) is 72.3 Å². The molecule has 1 aliphatic heterocycles. The van der Waals surface area contributed by atoms with Gasteiger partial charge in [0, 0.05) is 29.7 Å². The molecule has 0 spiro atoms. The Balaban J connectivity index is 0.00000336. The van der Waals surface area contributed by atoms with E-state index < -0.39 is 0 Å². The zero-order chi connectivity index (χ0) is 25.8. The quantitative estimate of drug-likeness (QED) is 0.382. The monoisotopic (exact) mass is 532 g/mol. The third kappa shape index (κ3) is 6.74. The van der Waals surface area contributed by atoms with E-state index in [1.807, 2.05) is 12.1 Å². The first kappa shape index (κ1) is 28.1.